The third-order valence-electron chi connectivity index (χ3n) is 2.38. The Hall–Kier alpha value is -2.43. The van der Waals surface area contributed by atoms with Crippen molar-refractivity contribution in [2.45, 2.75) is 19.7 Å². The fraction of sp³-hybridized carbons (Fsp3) is 0.385. The number of alkyl halides is 3. The second-order valence-corrected chi connectivity index (χ2v) is 3.79. The van der Waals surface area contributed by atoms with Gasteiger partial charge in [-0.15, -0.1) is 13.2 Å². The Morgan fingerprint density at radius 1 is 1.38 bits per heavy atom. The van der Waals surface area contributed by atoms with E-state index in [2.05, 4.69) is 4.74 Å². The molecule has 0 atom stereocenters. The summed E-state index contributed by atoms with van der Waals surface area (Å²) in [4.78, 5) is 11.5. The van der Waals surface area contributed by atoms with E-state index < -0.39 is 18.1 Å². The zero-order valence-electron chi connectivity index (χ0n) is 11.3. The maximum Gasteiger partial charge on any atom is 0.573 e. The smallest absolute Gasteiger partial charge is 0.496 e. The van der Waals surface area contributed by atoms with Gasteiger partial charge in [-0.3, -0.25) is 4.79 Å². The largest absolute Gasteiger partial charge is 0.573 e. The first-order chi connectivity index (χ1) is 9.80. The molecule has 0 bridgehead atoms. The summed E-state index contributed by atoms with van der Waals surface area (Å²) in [6.07, 6.45) is -5.17. The van der Waals surface area contributed by atoms with Crippen molar-refractivity contribution in [3.05, 3.63) is 23.3 Å². The molecule has 1 aromatic rings. The Kier molecular flexibility index (Phi) is 5.41. The molecule has 1 rings (SSSR count). The summed E-state index contributed by atoms with van der Waals surface area (Å²) in [6, 6.07) is 3.56. The molecule has 0 unspecified atom stereocenters. The molecular weight excluding hydrogens is 291 g/mol. The first kappa shape index (κ1) is 16.6. The van der Waals surface area contributed by atoms with E-state index in [1.807, 2.05) is 0 Å². The number of carbonyl (C=O) groups excluding carboxylic acids is 1. The molecule has 1 aromatic carbocycles. The standard InChI is InChI=1S/C13H12F3NO4/c1-3-20-12(18)6-10-8(7-17)4-9(5-11(10)19-2)21-13(14,15)16/h4-5H,3,6H2,1-2H3. The van der Waals surface area contributed by atoms with Gasteiger partial charge in [0.1, 0.15) is 11.5 Å². The van der Waals surface area contributed by atoms with Gasteiger partial charge in [-0.2, -0.15) is 5.26 Å². The highest BCUT2D eigenvalue weighted by Crippen LogP contribution is 2.32. The topological polar surface area (TPSA) is 68.6 Å². The predicted octanol–water partition coefficient (Wildman–Crippen LogP) is 2.57. The van der Waals surface area contributed by atoms with Crippen molar-refractivity contribution in [2.24, 2.45) is 0 Å². The van der Waals surface area contributed by atoms with Crippen LogP contribution in [0.4, 0.5) is 13.2 Å². The van der Waals surface area contributed by atoms with Gasteiger partial charge in [0.25, 0.3) is 0 Å². The maximum atomic E-state index is 12.2. The molecular formula is C13H12F3NO4. The van der Waals surface area contributed by atoms with Gasteiger partial charge < -0.3 is 14.2 Å². The van der Waals surface area contributed by atoms with Gasteiger partial charge in [-0.25, -0.2) is 0 Å². The van der Waals surface area contributed by atoms with Gasteiger partial charge in [0.15, 0.2) is 0 Å². The lowest BCUT2D eigenvalue weighted by molar-refractivity contribution is -0.274. The van der Waals surface area contributed by atoms with Crippen LogP contribution in [0.3, 0.4) is 0 Å². The molecule has 0 aliphatic carbocycles. The van der Waals surface area contributed by atoms with Crippen LogP contribution in [0.2, 0.25) is 0 Å². The van der Waals surface area contributed by atoms with Gasteiger partial charge in [-0.1, -0.05) is 0 Å². The van der Waals surface area contributed by atoms with E-state index in [-0.39, 0.29) is 29.9 Å². The van der Waals surface area contributed by atoms with E-state index in [1.165, 1.54) is 7.11 Å². The van der Waals surface area contributed by atoms with Crippen molar-refractivity contribution in [2.75, 3.05) is 13.7 Å². The van der Waals surface area contributed by atoms with E-state index in [1.54, 1.807) is 13.0 Å². The SMILES string of the molecule is CCOC(=O)Cc1c(C#N)cc(OC(F)(F)F)cc1OC. The molecule has 0 saturated carbocycles. The number of methoxy groups -OCH3 is 1. The van der Waals surface area contributed by atoms with Gasteiger partial charge in [0.05, 0.1) is 31.8 Å². The van der Waals surface area contributed by atoms with Crippen molar-refractivity contribution in [3.8, 4) is 17.6 Å². The Bertz CT molecular complexity index is 564. The molecule has 0 amide bonds. The molecule has 0 N–H and O–H groups in total. The van der Waals surface area contributed by atoms with Crippen molar-refractivity contribution in [1.29, 1.82) is 5.26 Å². The molecule has 0 aliphatic rings. The minimum atomic E-state index is -4.89. The molecule has 0 heterocycles. The minimum absolute atomic E-state index is 0.0543. The first-order valence-electron chi connectivity index (χ1n) is 5.83. The summed E-state index contributed by atoms with van der Waals surface area (Å²) in [5, 5.41) is 9.01. The van der Waals surface area contributed by atoms with Crippen LogP contribution in [0.25, 0.3) is 0 Å². The number of nitriles is 1. The molecule has 21 heavy (non-hydrogen) atoms. The van der Waals surface area contributed by atoms with E-state index in [0.717, 1.165) is 12.1 Å². The molecule has 0 aliphatic heterocycles. The third kappa shape index (κ3) is 4.87. The number of nitrogens with zero attached hydrogens (tertiary/aromatic N) is 1. The Balaban J connectivity index is 3.19. The van der Waals surface area contributed by atoms with E-state index in [0.29, 0.717) is 0 Å². The van der Waals surface area contributed by atoms with Crippen molar-refractivity contribution in [3.63, 3.8) is 0 Å². The van der Waals surface area contributed by atoms with Crippen LogP contribution >= 0.6 is 0 Å². The highest BCUT2D eigenvalue weighted by molar-refractivity contribution is 5.75. The summed E-state index contributed by atoms with van der Waals surface area (Å²) in [5.41, 5.74) is -0.00497. The Morgan fingerprint density at radius 2 is 2.05 bits per heavy atom. The number of halogens is 3. The molecule has 0 aromatic heterocycles. The van der Waals surface area contributed by atoms with E-state index in [4.69, 9.17) is 14.7 Å². The lowest BCUT2D eigenvalue weighted by atomic mass is 10.0. The highest BCUT2D eigenvalue weighted by Gasteiger charge is 2.32. The van der Waals surface area contributed by atoms with Crippen LogP contribution in [0.5, 0.6) is 11.5 Å². The number of carbonyl (C=O) groups is 1. The highest BCUT2D eigenvalue weighted by atomic mass is 19.4. The molecule has 114 valence electrons. The van der Waals surface area contributed by atoms with Crippen LogP contribution in [-0.4, -0.2) is 26.0 Å². The molecule has 5 nitrogen and oxygen atoms in total. The van der Waals surface area contributed by atoms with Crippen LogP contribution in [-0.2, 0) is 16.0 Å². The Morgan fingerprint density at radius 3 is 2.52 bits per heavy atom. The van der Waals surface area contributed by atoms with Crippen LogP contribution in [0.15, 0.2) is 12.1 Å². The summed E-state index contributed by atoms with van der Waals surface area (Å²) in [5.74, 6) is -1.26. The normalized spacial score (nSPS) is 10.7. The van der Waals surface area contributed by atoms with E-state index in [9.17, 15) is 18.0 Å². The van der Waals surface area contributed by atoms with Crippen LogP contribution in [0, 0.1) is 11.3 Å². The molecule has 0 spiro atoms. The number of esters is 1. The number of benzene rings is 1. The molecule has 0 saturated heterocycles. The fourth-order valence-corrected chi connectivity index (χ4v) is 1.63. The van der Waals surface area contributed by atoms with Crippen LogP contribution in [0.1, 0.15) is 18.1 Å². The monoisotopic (exact) mass is 303 g/mol. The number of hydrogen-bond acceptors (Lipinski definition) is 5. The average molecular weight is 303 g/mol. The quantitative estimate of drug-likeness (QED) is 0.782. The summed E-state index contributed by atoms with van der Waals surface area (Å²) in [7, 11) is 1.21. The summed E-state index contributed by atoms with van der Waals surface area (Å²) in [6.45, 7) is 1.76. The number of rotatable bonds is 5. The van der Waals surface area contributed by atoms with Gasteiger partial charge in [0.2, 0.25) is 0 Å². The second-order valence-electron chi connectivity index (χ2n) is 3.79. The molecule has 0 radical (unpaired) electrons. The van der Waals surface area contributed by atoms with E-state index >= 15 is 0 Å². The van der Waals surface area contributed by atoms with Crippen molar-refractivity contribution < 1.29 is 32.2 Å². The van der Waals surface area contributed by atoms with Crippen molar-refractivity contribution >= 4 is 5.97 Å². The average Bonchev–Trinajstić information content (AvgIpc) is 2.38. The molecule has 8 heteroatoms. The second kappa shape index (κ2) is 6.83. The lowest BCUT2D eigenvalue weighted by Gasteiger charge is -2.14. The number of ether oxygens (including phenoxy) is 3. The predicted molar refractivity (Wildman–Crippen MR) is 64.7 cm³/mol. The van der Waals surface area contributed by atoms with Crippen LogP contribution < -0.4 is 9.47 Å². The number of hydrogen-bond donors (Lipinski definition) is 0. The zero-order valence-corrected chi connectivity index (χ0v) is 11.3. The summed E-state index contributed by atoms with van der Waals surface area (Å²) >= 11 is 0. The van der Waals surface area contributed by atoms with Gasteiger partial charge in [0, 0.05) is 11.6 Å². The van der Waals surface area contributed by atoms with Gasteiger partial charge in [-0.05, 0) is 13.0 Å². The summed E-state index contributed by atoms with van der Waals surface area (Å²) < 4.78 is 50.0. The first-order valence-corrected chi connectivity index (χ1v) is 5.83. The zero-order chi connectivity index (χ0) is 16.0. The third-order valence-corrected chi connectivity index (χ3v) is 2.38. The minimum Gasteiger partial charge on any atom is -0.496 e. The fourth-order valence-electron chi connectivity index (χ4n) is 1.63. The molecule has 0 fully saturated rings. The van der Waals surface area contributed by atoms with Crippen molar-refractivity contribution in [1.82, 2.24) is 0 Å². The maximum absolute atomic E-state index is 12.2. The Labute approximate surface area is 118 Å². The van der Waals surface area contributed by atoms with Gasteiger partial charge >= 0.3 is 12.3 Å². The lowest BCUT2D eigenvalue weighted by Crippen LogP contribution is -2.17.